The summed E-state index contributed by atoms with van der Waals surface area (Å²) >= 11 is 3.18. The predicted molar refractivity (Wildman–Crippen MR) is 99.3 cm³/mol. The maximum Gasteiger partial charge on any atom is 0.235 e. The van der Waals surface area contributed by atoms with Gasteiger partial charge in [-0.1, -0.05) is 24.8 Å². The SMILES string of the molecule is CCn1c(S[C@H](C)C(=O)N2CCC(C)CC2)nnc1-c1cccs1. The van der Waals surface area contributed by atoms with Crippen LogP contribution in [0.25, 0.3) is 10.7 Å². The van der Waals surface area contributed by atoms with Gasteiger partial charge < -0.3 is 9.47 Å². The number of hydrogen-bond donors (Lipinski definition) is 0. The van der Waals surface area contributed by atoms with Gasteiger partial charge in [0.25, 0.3) is 0 Å². The molecule has 130 valence electrons. The highest BCUT2D eigenvalue weighted by molar-refractivity contribution is 8.00. The molecular weight excluding hydrogens is 340 g/mol. The number of rotatable bonds is 5. The summed E-state index contributed by atoms with van der Waals surface area (Å²) in [5, 5.41) is 11.4. The third-order valence-corrected chi connectivity index (χ3v) is 6.43. The summed E-state index contributed by atoms with van der Waals surface area (Å²) in [5.74, 6) is 1.84. The number of amides is 1. The van der Waals surface area contributed by atoms with Gasteiger partial charge in [0.1, 0.15) is 0 Å². The standard InChI is InChI=1S/C17H24N4OS2/c1-4-21-15(14-6-5-11-23-14)18-19-17(21)24-13(3)16(22)20-9-7-12(2)8-10-20/h5-6,11-13H,4,7-10H2,1-3H3/t13-/m1/s1. The molecule has 0 aliphatic carbocycles. The monoisotopic (exact) mass is 364 g/mol. The van der Waals surface area contributed by atoms with Gasteiger partial charge in [-0.15, -0.1) is 21.5 Å². The Balaban J connectivity index is 1.70. The molecule has 0 radical (unpaired) electrons. The highest BCUT2D eigenvalue weighted by Crippen LogP contribution is 2.30. The minimum Gasteiger partial charge on any atom is -0.342 e. The average Bonchev–Trinajstić information content (AvgIpc) is 3.23. The van der Waals surface area contributed by atoms with E-state index in [4.69, 9.17) is 0 Å². The molecule has 1 amide bonds. The molecule has 1 aliphatic rings. The maximum absolute atomic E-state index is 12.7. The van der Waals surface area contributed by atoms with Gasteiger partial charge in [0, 0.05) is 19.6 Å². The van der Waals surface area contributed by atoms with Crippen molar-refractivity contribution in [1.82, 2.24) is 19.7 Å². The first kappa shape index (κ1) is 17.5. The molecule has 24 heavy (non-hydrogen) atoms. The summed E-state index contributed by atoms with van der Waals surface area (Å²) in [7, 11) is 0. The summed E-state index contributed by atoms with van der Waals surface area (Å²) in [4.78, 5) is 15.8. The third kappa shape index (κ3) is 3.67. The lowest BCUT2D eigenvalue weighted by atomic mass is 9.99. The molecular formula is C17H24N4OS2. The Hall–Kier alpha value is -1.34. The molecule has 1 saturated heterocycles. The number of aromatic nitrogens is 3. The molecule has 0 N–H and O–H groups in total. The van der Waals surface area contributed by atoms with Gasteiger partial charge in [-0.3, -0.25) is 4.79 Å². The van der Waals surface area contributed by atoms with Gasteiger partial charge in [-0.05, 0) is 44.1 Å². The summed E-state index contributed by atoms with van der Waals surface area (Å²) in [6.07, 6.45) is 2.22. The Morgan fingerprint density at radius 2 is 2.17 bits per heavy atom. The lowest BCUT2D eigenvalue weighted by Crippen LogP contribution is -2.41. The molecule has 0 bridgehead atoms. The van der Waals surface area contributed by atoms with Crippen LogP contribution in [0.3, 0.4) is 0 Å². The van der Waals surface area contributed by atoms with Crippen molar-refractivity contribution in [2.45, 2.75) is 50.6 Å². The third-order valence-electron chi connectivity index (χ3n) is 4.50. The summed E-state index contributed by atoms with van der Waals surface area (Å²) in [5.41, 5.74) is 0. The van der Waals surface area contributed by atoms with Gasteiger partial charge in [-0.25, -0.2) is 0 Å². The lowest BCUT2D eigenvalue weighted by Gasteiger charge is -2.31. The molecule has 0 spiro atoms. The van der Waals surface area contributed by atoms with Crippen molar-refractivity contribution in [2.75, 3.05) is 13.1 Å². The van der Waals surface area contributed by atoms with Crippen LogP contribution in [0.2, 0.25) is 0 Å². The second-order valence-electron chi connectivity index (χ2n) is 6.30. The minimum absolute atomic E-state index is 0.135. The second-order valence-corrected chi connectivity index (χ2v) is 8.55. The molecule has 1 atom stereocenters. The van der Waals surface area contributed by atoms with E-state index in [9.17, 15) is 4.79 Å². The molecule has 5 nitrogen and oxygen atoms in total. The number of thiophene rings is 1. The van der Waals surface area contributed by atoms with Crippen molar-refractivity contribution in [2.24, 2.45) is 5.92 Å². The van der Waals surface area contributed by atoms with Gasteiger partial charge in [0.05, 0.1) is 10.1 Å². The Bertz CT molecular complexity index is 675. The number of thioether (sulfide) groups is 1. The van der Waals surface area contributed by atoms with Crippen molar-refractivity contribution >= 4 is 29.0 Å². The van der Waals surface area contributed by atoms with Crippen LogP contribution in [0.15, 0.2) is 22.7 Å². The molecule has 3 heterocycles. The quantitative estimate of drug-likeness (QED) is 0.758. The average molecular weight is 365 g/mol. The van der Waals surface area contributed by atoms with Crippen LogP contribution < -0.4 is 0 Å². The fourth-order valence-corrected chi connectivity index (χ4v) is 4.66. The van der Waals surface area contributed by atoms with Crippen LogP contribution in [-0.4, -0.2) is 43.9 Å². The van der Waals surface area contributed by atoms with E-state index in [2.05, 4.69) is 34.7 Å². The zero-order chi connectivity index (χ0) is 17.1. The maximum atomic E-state index is 12.7. The number of likely N-dealkylation sites (tertiary alicyclic amines) is 1. The lowest BCUT2D eigenvalue weighted by molar-refractivity contribution is -0.131. The van der Waals surface area contributed by atoms with Crippen LogP contribution in [0.5, 0.6) is 0 Å². The number of piperidine rings is 1. The zero-order valence-corrected chi connectivity index (χ0v) is 16.1. The highest BCUT2D eigenvalue weighted by atomic mass is 32.2. The smallest absolute Gasteiger partial charge is 0.235 e. The first-order valence-corrected chi connectivity index (χ1v) is 10.3. The number of nitrogens with zero attached hydrogens (tertiary/aromatic N) is 4. The van der Waals surface area contributed by atoms with Gasteiger partial charge in [-0.2, -0.15) is 0 Å². The largest absolute Gasteiger partial charge is 0.342 e. The first-order valence-electron chi connectivity index (χ1n) is 8.52. The molecule has 3 rings (SSSR count). The first-order chi connectivity index (χ1) is 11.6. The predicted octanol–water partition coefficient (Wildman–Crippen LogP) is 3.77. The normalized spacial score (nSPS) is 17.2. The van der Waals surface area contributed by atoms with E-state index in [-0.39, 0.29) is 11.2 Å². The Labute approximate surface area is 151 Å². The van der Waals surface area contributed by atoms with E-state index >= 15 is 0 Å². The Kier molecular flexibility index (Phi) is 5.61. The number of hydrogen-bond acceptors (Lipinski definition) is 5. The van der Waals surface area contributed by atoms with Crippen LogP contribution in [0, 0.1) is 5.92 Å². The van der Waals surface area contributed by atoms with Gasteiger partial charge in [0.15, 0.2) is 11.0 Å². The number of carbonyl (C=O) groups is 1. The summed E-state index contributed by atoms with van der Waals surface area (Å²) < 4.78 is 2.10. The van der Waals surface area contributed by atoms with E-state index in [1.165, 1.54) is 11.8 Å². The molecule has 0 saturated carbocycles. The van der Waals surface area contributed by atoms with Crippen molar-refractivity contribution in [3.8, 4) is 10.7 Å². The zero-order valence-electron chi connectivity index (χ0n) is 14.4. The van der Waals surface area contributed by atoms with Crippen molar-refractivity contribution < 1.29 is 4.79 Å². The Morgan fingerprint density at radius 1 is 1.42 bits per heavy atom. The van der Waals surface area contributed by atoms with Gasteiger partial charge in [0.2, 0.25) is 5.91 Å². The second kappa shape index (κ2) is 7.70. The molecule has 7 heteroatoms. The van der Waals surface area contributed by atoms with E-state index < -0.39 is 0 Å². The van der Waals surface area contributed by atoms with E-state index in [1.54, 1.807) is 11.3 Å². The minimum atomic E-state index is -0.135. The molecule has 2 aromatic rings. The van der Waals surface area contributed by atoms with Crippen molar-refractivity contribution in [1.29, 1.82) is 0 Å². The summed E-state index contributed by atoms with van der Waals surface area (Å²) in [6, 6.07) is 4.07. The topological polar surface area (TPSA) is 51.0 Å². The molecule has 0 aromatic carbocycles. The van der Waals surface area contributed by atoms with Crippen molar-refractivity contribution in [3.63, 3.8) is 0 Å². The molecule has 1 fully saturated rings. The van der Waals surface area contributed by atoms with Crippen LogP contribution >= 0.6 is 23.1 Å². The molecule has 2 aromatic heterocycles. The summed E-state index contributed by atoms with van der Waals surface area (Å²) in [6.45, 7) is 8.88. The number of carbonyl (C=O) groups excluding carboxylic acids is 1. The Morgan fingerprint density at radius 3 is 2.79 bits per heavy atom. The fraction of sp³-hybridized carbons (Fsp3) is 0.588. The van der Waals surface area contributed by atoms with Crippen LogP contribution in [0.4, 0.5) is 0 Å². The van der Waals surface area contributed by atoms with E-state index in [0.29, 0.717) is 0 Å². The fourth-order valence-electron chi connectivity index (χ4n) is 2.94. The molecule has 1 aliphatic heterocycles. The van der Waals surface area contributed by atoms with Crippen molar-refractivity contribution in [3.05, 3.63) is 17.5 Å². The van der Waals surface area contributed by atoms with Crippen LogP contribution in [-0.2, 0) is 11.3 Å². The van der Waals surface area contributed by atoms with E-state index in [0.717, 1.165) is 54.3 Å². The highest BCUT2D eigenvalue weighted by Gasteiger charge is 2.27. The van der Waals surface area contributed by atoms with E-state index in [1.807, 2.05) is 23.3 Å². The van der Waals surface area contributed by atoms with Gasteiger partial charge >= 0.3 is 0 Å². The molecule has 0 unspecified atom stereocenters. The van der Waals surface area contributed by atoms with Crippen LogP contribution in [0.1, 0.15) is 33.6 Å².